The van der Waals surface area contributed by atoms with E-state index in [9.17, 15) is 19.2 Å². The Morgan fingerprint density at radius 1 is 0.630 bits per heavy atom. The van der Waals surface area contributed by atoms with Crippen LogP contribution >= 0.6 is 0 Å². The fourth-order valence-electron chi connectivity index (χ4n) is 7.39. The van der Waals surface area contributed by atoms with Gasteiger partial charge in [0.15, 0.2) is 0 Å². The van der Waals surface area contributed by atoms with Crippen molar-refractivity contribution in [1.29, 1.82) is 0 Å². The highest BCUT2D eigenvalue weighted by atomic mass is 16.5. The van der Waals surface area contributed by atoms with Gasteiger partial charge in [0.25, 0.3) is 0 Å². The van der Waals surface area contributed by atoms with Gasteiger partial charge in [-0.2, -0.15) is 0 Å². The quantitative estimate of drug-likeness (QED) is 0.196. The first-order valence-electron chi connectivity index (χ1n) is 18.6. The molecule has 2 aliphatic rings. The summed E-state index contributed by atoms with van der Waals surface area (Å²) in [6, 6.07) is 14.8. The topological polar surface area (TPSA) is 153 Å². The maximum absolute atomic E-state index is 13.5. The minimum atomic E-state index is -0.679. The zero-order valence-corrected chi connectivity index (χ0v) is 31.8. The average Bonchev–Trinajstić information content (AvgIpc) is 4.02. The molecule has 2 saturated heterocycles. The standard InChI is InChI=1S/C40H50N8O6/c1-25(2)35(43-39(51)53-5)37(49)47-19-7-9-33(47)31-21-45(23-41-31)29-15-11-27(12-16-29)28-13-17-30(18-14-28)46-22-32(42-24-46)34-10-8-20-48(34)38(50)36(26(3)4)44-40(52)54-6/h11-18,21-26,33-36H,7-10,19-20H2,1-6H3,(H,43,51)(H,44,52)/t33-,34-,35-,36-/m0/s1. The van der Waals surface area contributed by atoms with Gasteiger partial charge in [0.05, 0.1) is 50.3 Å². The van der Waals surface area contributed by atoms with Crippen LogP contribution in [0.5, 0.6) is 0 Å². The second-order valence-corrected chi connectivity index (χ2v) is 14.6. The van der Waals surface area contributed by atoms with E-state index in [1.54, 1.807) is 12.7 Å². The Kier molecular flexibility index (Phi) is 11.7. The lowest BCUT2D eigenvalue weighted by Crippen LogP contribution is -2.51. The first kappa shape index (κ1) is 38.1. The summed E-state index contributed by atoms with van der Waals surface area (Å²) in [5.41, 5.74) is 5.63. The summed E-state index contributed by atoms with van der Waals surface area (Å²) >= 11 is 0. The summed E-state index contributed by atoms with van der Waals surface area (Å²) in [5, 5.41) is 5.39. The third kappa shape index (κ3) is 8.12. The van der Waals surface area contributed by atoms with E-state index in [-0.39, 0.29) is 35.7 Å². The molecule has 2 aromatic carbocycles. The van der Waals surface area contributed by atoms with Gasteiger partial charge in [-0.05, 0) is 72.9 Å². The second kappa shape index (κ2) is 16.6. The Morgan fingerprint density at radius 3 is 1.33 bits per heavy atom. The zero-order chi connectivity index (χ0) is 38.5. The first-order chi connectivity index (χ1) is 26.0. The van der Waals surface area contributed by atoms with Crippen LogP contribution in [0.15, 0.2) is 73.6 Å². The first-order valence-corrected chi connectivity index (χ1v) is 18.6. The van der Waals surface area contributed by atoms with Gasteiger partial charge >= 0.3 is 12.2 Å². The van der Waals surface area contributed by atoms with E-state index in [0.717, 1.165) is 59.6 Å². The smallest absolute Gasteiger partial charge is 0.407 e. The van der Waals surface area contributed by atoms with Crippen molar-refractivity contribution in [3.63, 3.8) is 0 Å². The summed E-state index contributed by atoms with van der Waals surface area (Å²) in [6.07, 6.45) is 9.57. The summed E-state index contributed by atoms with van der Waals surface area (Å²) in [5.74, 6) is -0.457. The van der Waals surface area contributed by atoms with Gasteiger partial charge in [-0.1, -0.05) is 52.0 Å². The number of hydrogen-bond acceptors (Lipinski definition) is 8. The van der Waals surface area contributed by atoms with Crippen molar-refractivity contribution < 1.29 is 28.7 Å². The predicted octanol–water partition coefficient (Wildman–Crippen LogP) is 5.81. The number of amides is 4. The van der Waals surface area contributed by atoms with Gasteiger partial charge in [0, 0.05) is 36.9 Å². The van der Waals surface area contributed by atoms with E-state index in [1.807, 2.05) is 83.3 Å². The van der Waals surface area contributed by atoms with Crippen LogP contribution in [-0.2, 0) is 19.1 Å². The fraction of sp³-hybridized carbons (Fsp3) is 0.450. The Balaban J connectivity index is 1.11. The second-order valence-electron chi connectivity index (χ2n) is 14.6. The molecule has 286 valence electrons. The molecule has 4 aromatic rings. The number of benzene rings is 2. The maximum atomic E-state index is 13.5. The molecule has 0 unspecified atom stereocenters. The molecule has 54 heavy (non-hydrogen) atoms. The van der Waals surface area contributed by atoms with Crippen LogP contribution < -0.4 is 10.6 Å². The molecule has 14 heteroatoms. The number of imidazole rings is 2. The molecule has 2 N–H and O–H groups in total. The van der Waals surface area contributed by atoms with Crippen LogP contribution in [0.2, 0.25) is 0 Å². The van der Waals surface area contributed by atoms with Crippen molar-refractivity contribution in [1.82, 2.24) is 39.5 Å². The number of aromatic nitrogens is 4. The van der Waals surface area contributed by atoms with Gasteiger partial charge in [0.1, 0.15) is 12.1 Å². The lowest BCUT2D eigenvalue weighted by molar-refractivity contribution is -0.136. The van der Waals surface area contributed by atoms with Gasteiger partial charge in [-0.25, -0.2) is 19.6 Å². The van der Waals surface area contributed by atoms with E-state index >= 15 is 0 Å². The summed E-state index contributed by atoms with van der Waals surface area (Å²) < 4.78 is 13.4. The predicted molar refractivity (Wildman–Crippen MR) is 202 cm³/mol. The largest absolute Gasteiger partial charge is 0.453 e. The highest BCUT2D eigenvalue weighted by molar-refractivity contribution is 5.87. The number of carbonyl (C=O) groups is 4. The lowest BCUT2D eigenvalue weighted by Gasteiger charge is -2.30. The third-order valence-electron chi connectivity index (χ3n) is 10.4. The molecule has 4 amide bonds. The lowest BCUT2D eigenvalue weighted by atomic mass is 10.0. The van der Waals surface area contributed by atoms with Crippen LogP contribution in [0, 0.1) is 11.8 Å². The Morgan fingerprint density at radius 2 is 1.00 bits per heavy atom. The van der Waals surface area contributed by atoms with Gasteiger partial charge in [-0.3, -0.25) is 9.59 Å². The number of nitrogens with zero attached hydrogens (tertiary/aromatic N) is 6. The molecule has 2 fully saturated rings. The molecule has 4 atom stereocenters. The van der Waals surface area contributed by atoms with Crippen LogP contribution in [0.25, 0.3) is 22.5 Å². The molecule has 6 rings (SSSR count). The molecule has 0 saturated carbocycles. The van der Waals surface area contributed by atoms with Crippen molar-refractivity contribution in [2.75, 3.05) is 27.3 Å². The number of methoxy groups -OCH3 is 2. The van der Waals surface area contributed by atoms with E-state index in [0.29, 0.717) is 13.1 Å². The van der Waals surface area contributed by atoms with Crippen molar-refractivity contribution >= 4 is 24.0 Å². The van der Waals surface area contributed by atoms with Gasteiger partial charge in [0.2, 0.25) is 11.8 Å². The highest BCUT2D eigenvalue weighted by Crippen LogP contribution is 2.34. The molecule has 2 aromatic heterocycles. The maximum Gasteiger partial charge on any atom is 0.407 e. The number of rotatable bonds is 11. The Hall–Kier alpha value is -5.66. The third-order valence-corrected chi connectivity index (χ3v) is 10.4. The Labute approximate surface area is 315 Å². The molecule has 0 aliphatic carbocycles. The van der Waals surface area contributed by atoms with Gasteiger partial charge < -0.3 is 39.0 Å². The molecule has 0 bridgehead atoms. The fourth-order valence-corrected chi connectivity index (χ4v) is 7.39. The van der Waals surface area contributed by atoms with Gasteiger partial charge in [-0.15, -0.1) is 0 Å². The molecule has 2 aliphatic heterocycles. The van der Waals surface area contributed by atoms with Crippen LogP contribution in [0.1, 0.15) is 76.8 Å². The van der Waals surface area contributed by atoms with Crippen molar-refractivity contribution in [3.8, 4) is 22.5 Å². The number of likely N-dealkylation sites (tertiary alicyclic amines) is 2. The van der Waals surface area contributed by atoms with Crippen molar-refractivity contribution in [2.24, 2.45) is 11.8 Å². The van der Waals surface area contributed by atoms with Crippen molar-refractivity contribution in [3.05, 3.63) is 85.0 Å². The van der Waals surface area contributed by atoms with Crippen LogP contribution in [-0.4, -0.2) is 92.3 Å². The molecular formula is C40H50N8O6. The van der Waals surface area contributed by atoms with E-state index in [4.69, 9.17) is 9.47 Å². The van der Waals surface area contributed by atoms with Crippen LogP contribution in [0.4, 0.5) is 9.59 Å². The number of nitrogens with one attached hydrogen (secondary N) is 2. The normalized spacial score (nSPS) is 18.1. The highest BCUT2D eigenvalue weighted by Gasteiger charge is 2.38. The SMILES string of the molecule is COC(=O)N[C@H](C(=O)N1CCC[C@H]1c1cn(-c2ccc(-c3ccc(-n4cnc([C@@H]5CCCN5C(=O)[C@@H](NC(=O)OC)C(C)C)c4)cc3)cc2)cn1)C(C)C. The zero-order valence-electron chi connectivity index (χ0n) is 31.8. The van der Waals surface area contributed by atoms with Crippen LogP contribution in [0.3, 0.4) is 0 Å². The van der Waals surface area contributed by atoms with Crippen molar-refractivity contribution in [2.45, 2.75) is 77.5 Å². The van der Waals surface area contributed by atoms with E-state index < -0.39 is 24.3 Å². The molecule has 14 nitrogen and oxygen atoms in total. The number of alkyl carbamates (subject to hydrolysis) is 2. The minimum Gasteiger partial charge on any atom is -0.453 e. The number of carbonyl (C=O) groups excluding carboxylic acids is 4. The monoisotopic (exact) mass is 738 g/mol. The van der Waals surface area contributed by atoms with E-state index in [2.05, 4.69) is 44.9 Å². The summed E-state index contributed by atoms with van der Waals surface area (Å²) in [4.78, 5) is 63.9. The molecule has 0 spiro atoms. The Bertz CT molecular complexity index is 1800. The molecular weight excluding hydrogens is 688 g/mol. The minimum absolute atomic E-state index is 0.0987. The number of hydrogen-bond donors (Lipinski definition) is 2. The number of ether oxygens (including phenoxy) is 2. The van der Waals surface area contributed by atoms with E-state index in [1.165, 1.54) is 14.2 Å². The summed E-state index contributed by atoms with van der Waals surface area (Å²) in [6.45, 7) is 8.82. The summed E-state index contributed by atoms with van der Waals surface area (Å²) in [7, 11) is 2.58. The molecule has 4 heterocycles. The average molecular weight is 739 g/mol. The molecule has 0 radical (unpaired) electrons.